The molecule has 3 heterocycles. The molecule has 1 aliphatic heterocycles. The van der Waals surface area contributed by atoms with Gasteiger partial charge in [-0.1, -0.05) is 28.4 Å². The minimum Gasteiger partial charge on any atom is -0.361 e. The van der Waals surface area contributed by atoms with Crippen LogP contribution in [0, 0.1) is 6.92 Å². The number of aryl methyl sites for hydroxylation is 1. The van der Waals surface area contributed by atoms with Crippen molar-refractivity contribution in [1.82, 2.24) is 20.0 Å². The highest BCUT2D eigenvalue weighted by Crippen LogP contribution is 2.31. The number of likely N-dealkylation sites (tertiary alicyclic amines) is 1. The Morgan fingerprint density at radius 1 is 1.27 bits per heavy atom. The van der Waals surface area contributed by atoms with E-state index < -0.39 is 0 Å². The molecule has 2 aromatic heterocycles. The number of piperidine rings is 1. The molecule has 1 N–H and O–H groups in total. The number of fused-ring (bicyclic) bond motifs is 1. The van der Waals surface area contributed by atoms with Crippen LogP contribution in [0.2, 0.25) is 10.0 Å². The third-order valence-corrected chi connectivity index (χ3v) is 5.51. The van der Waals surface area contributed by atoms with E-state index in [9.17, 15) is 4.79 Å². The van der Waals surface area contributed by atoms with Crippen LogP contribution in [0.5, 0.6) is 0 Å². The SMILES string of the molecule is Cc1cc(CC(=O)N2CCC(c3nc4cc(Cl)c(Cl)cc4[nH]3)CC2)no1. The van der Waals surface area contributed by atoms with Crippen LogP contribution >= 0.6 is 23.2 Å². The molecular formula is C18H18Cl2N4O2. The first kappa shape index (κ1) is 17.4. The highest BCUT2D eigenvalue weighted by atomic mass is 35.5. The Morgan fingerprint density at radius 3 is 2.69 bits per heavy atom. The molecule has 8 heteroatoms. The molecule has 0 atom stereocenters. The molecule has 0 unspecified atom stereocenters. The normalized spacial score (nSPS) is 15.7. The summed E-state index contributed by atoms with van der Waals surface area (Å²) in [5, 5.41) is 4.91. The number of rotatable bonds is 3. The van der Waals surface area contributed by atoms with E-state index in [1.54, 1.807) is 18.2 Å². The summed E-state index contributed by atoms with van der Waals surface area (Å²) < 4.78 is 5.02. The topological polar surface area (TPSA) is 75.0 Å². The predicted octanol–water partition coefficient (Wildman–Crippen LogP) is 4.11. The summed E-state index contributed by atoms with van der Waals surface area (Å²) >= 11 is 12.1. The van der Waals surface area contributed by atoms with Gasteiger partial charge in [0.1, 0.15) is 11.6 Å². The highest BCUT2D eigenvalue weighted by Gasteiger charge is 2.26. The lowest BCUT2D eigenvalue weighted by Gasteiger charge is -2.31. The first-order valence-electron chi connectivity index (χ1n) is 8.54. The van der Waals surface area contributed by atoms with Crippen molar-refractivity contribution in [2.75, 3.05) is 13.1 Å². The summed E-state index contributed by atoms with van der Waals surface area (Å²) in [6, 6.07) is 5.38. The molecule has 1 amide bonds. The standard InChI is InChI=1S/C18H18Cl2N4O2/c1-10-6-12(23-26-10)7-17(25)24-4-2-11(3-5-24)18-21-15-8-13(19)14(20)9-16(15)22-18/h6,8-9,11H,2-5,7H2,1H3,(H,21,22). The lowest BCUT2D eigenvalue weighted by atomic mass is 9.96. The highest BCUT2D eigenvalue weighted by molar-refractivity contribution is 6.42. The maximum Gasteiger partial charge on any atom is 0.228 e. The van der Waals surface area contributed by atoms with Crippen LogP contribution in [0.4, 0.5) is 0 Å². The molecular weight excluding hydrogens is 375 g/mol. The van der Waals surface area contributed by atoms with Crippen LogP contribution < -0.4 is 0 Å². The smallest absolute Gasteiger partial charge is 0.228 e. The van der Waals surface area contributed by atoms with Gasteiger partial charge in [-0.3, -0.25) is 4.79 Å². The van der Waals surface area contributed by atoms with Crippen molar-refractivity contribution in [2.45, 2.75) is 32.1 Å². The molecule has 0 bridgehead atoms. The van der Waals surface area contributed by atoms with Gasteiger partial charge in [0.15, 0.2) is 0 Å². The number of halogens is 2. The minimum absolute atomic E-state index is 0.0833. The lowest BCUT2D eigenvalue weighted by Crippen LogP contribution is -2.39. The zero-order chi connectivity index (χ0) is 18.3. The van der Waals surface area contributed by atoms with E-state index in [1.165, 1.54) is 0 Å². The Labute approximate surface area is 160 Å². The number of aromatic nitrogens is 3. The fourth-order valence-corrected chi connectivity index (χ4v) is 3.71. The molecule has 1 aliphatic rings. The molecule has 136 valence electrons. The van der Waals surface area contributed by atoms with Crippen molar-refractivity contribution in [3.8, 4) is 0 Å². The van der Waals surface area contributed by atoms with E-state index in [2.05, 4.69) is 15.1 Å². The fraction of sp³-hybridized carbons (Fsp3) is 0.389. The van der Waals surface area contributed by atoms with Gasteiger partial charge in [-0.05, 0) is 31.9 Å². The zero-order valence-corrected chi connectivity index (χ0v) is 15.8. The Morgan fingerprint density at radius 2 is 2.00 bits per heavy atom. The van der Waals surface area contributed by atoms with E-state index >= 15 is 0 Å². The van der Waals surface area contributed by atoms with E-state index in [0.29, 0.717) is 34.7 Å². The van der Waals surface area contributed by atoms with Gasteiger partial charge in [0.05, 0.1) is 33.2 Å². The van der Waals surface area contributed by atoms with Crippen molar-refractivity contribution < 1.29 is 9.32 Å². The van der Waals surface area contributed by atoms with E-state index in [4.69, 9.17) is 27.7 Å². The number of nitrogens with one attached hydrogen (secondary N) is 1. The molecule has 0 radical (unpaired) electrons. The molecule has 4 rings (SSSR count). The molecule has 1 saturated heterocycles. The minimum atomic E-state index is 0.0833. The summed E-state index contributed by atoms with van der Waals surface area (Å²) in [6.07, 6.45) is 2.01. The maximum atomic E-state index is 12.4. The Kier molecular flexibility index (Phi) is 4.63. The Hall–Kier alpha value is -2.05. The molecule has 26 heavy (non-hydrogen) atoms. The van der Waals surface area contributed by atoms with Crippen molar-refractivity contribution >= 4 is 40.1 Å². The van der Waals surface area contributed by atoms with Gasteiger partial charge in [0, 0.05) is 25.1 Å². The molecule has 0 aliphatic carbocycles. The van der Waals surface area contributed by atoms with Crippen LogP contribution in [0.15, 0.2) is 22.7 Å². The van der Waals surface area contributed by atoms with Crippen LogP contribution in [-0.2, 0) is 11.2 Å². The monoisotopic (exact) mass is 392 g/mol. The first-order valence-corrected chi connectivity index (χ1v) is 9.30. The average molecular weight is 393 g/mol. The number of hydrogen-bond donors (Lipinski definition) is 1. The number of benzene rings is 1. The number of carbonyl (C=O) groups is 1. The van der Waals surface area contributed by atoms with Crippen molar-refractivity contribution in [3.63, 3.8) is 0 Å². The fourth-order valence-electron chi connectivity index (χ4n) is 3.39. The number of imidazole rings is 1. The van der Waals surface area contributed by atoms with Crippen LogP contribution in [0.25, 0.3) is 11.0 Å². The van der Waals surface area contributed by atoms with Crippen LogP contribution in [0.3, 0.4) is 0 Å². The molecule has 6 nitrogen and oxygen atoms in total. The first-order chi connectivity index (χ1) is 12.5. The van der Waals surface area contributed by atoms with Gasteiger partial charge in [-0.25, -0.2) is 4.98 Å². The number of amides is 1. The van der Waals surface area contributed by atoms with Crippen LogP contribution in [-0.4, -0.2) is 39.0 Å². The summed E-state index contributed by atoms with van der Waals surface area (Å²) in [4.78, 5) is 22.3. The number of hydrogen-bond acceptors (Lipinski definition) is 4. The van der Waals surface area contributed by atoms with Crippen molar-refractivity contribution in [2.24, 2.45) is 0 Å². The average Bonchev–Trinajstić information content (AvgIpc) is 3.21. The Balaban J connectivity index is 1.41. The van der Waals surface area contributed by atoms with Gasteiger partial charge >= 0.3 is 0 Å². The second-order valence-electron chi connectivity index (χ2n) is 6.67. The largest absolute Gasteiger partial charge is 0.361 e. The van der Waals surface area contributed by atoms with Gasteiger partial charge in [-0.15, -0.1) is 0 Å². The summed E-state index contributed by atoms with van der Waals surface area (Å²) in [7, 11) is 0. The van der Waals surface area contributed by atoms with Crippen molar-refractivity contribution in [1.29, 1.82) is 0 Å². The van der Waals surface area contributed by atoms with Crippen LogP contribution in [0.1, 0.15) is 36.0 Å². The van der Waals surface area contributed by atoms with Gasteiger partial charge in [0.2, 0.25) is 5.91 Å². The third-order valence-electron chi connectivity index (χ3n) is 4.79. The number of aromatic amines is 1. The molecule has 1 aromatic carbocycles. The zero-order valence-electron chi connectivity index (χ0n) is 14.3. The summed E-state index contributed by atoms with van der Waals surface area (Å²) in [5.41, 5.74) is 2.38. The Bertz CT molecular complexity index is 918. The molecule has 3 aromatic rings. The maximum absolute atomic E-state index is 12.4. The number of H-pyrrole nitrogens is 1. The molecule has 1 fully saturated rings. The molecule has 0 saturated carbocycles. The number of carbonyl (C=O) groups excluding carboxylic acids is 1. The van der Waals surface area contributed by atoms with E-state index in [0.717, 1.165) is 35.5 Å². The van der Waals surface area contributed by atoms with E-state index in [-0.39, 0.29) is 12.3 Å². The predicted molar refractivity (Wildman–Crippen MR) is 99.6 cm³/mol. The van der Waals surface area contributed by atoms with Gasteiger partial charge < -0.3 is 14.4 Å². The quantitative estimate of drug-likeness (QED) is 0.727. The van der Waals surface area contributed by atoms with Gasteiger partial charge in [-0.2, -0.15) is 0 Å². The number of nitrogens with zero attached hydrogens (tertiary/aromatic N) is 3. The van der Waals surface area contributed by atoms with E-state index in [1.807, 2.05) is 11.8 Å². The third kappa shape index (κ3) is 3.44. The van der Waals surface area contributed by atoms with Crippen molar-refractivity contribution in [3.05, 3.63) is 45.5 Å². The molecule has 0 spiro atoms. The summed E-state index contributed by atoms with van der Waals surface area (Å²) in [6.45, 7) is 3.23. The second-order valence-corrected chi connectivity index (χ2v) is 7.48. The summed E-state index contributed by atoms with van der Waals surface area (Å²) in [5.74, 6) is 2.02. The van der Waals surface area contributed by atoms with Gasteiger partial charge in [0.25, 0.3) is 0 Å². The lowest BCUT2D eigenvalue weighted by molar-refractivity contribution is -0.131. The second kappa shape index (κ2) is 6.93.